The van der Waals surface area contributed by atoms with Crippen LogP contribution < -0.4 is 5.73 Å². The molecule has 64 valence electrons. The van der Waals surface area contributed by atoms with Crippen molar-refractivity contribution in [3.05, 3.63) is 0 Å². The molecule has 1 saturated heterocycles. The minimum absolute atomic E-state index is 0.0509. The lowest BCUT2D eigenvalue weighted by Gasteiger charge is -2.15. The zero-order valence-electron chi connectivity index (χ0n) is 7.42. The van der Waals surface area contributed by atoms with E-state index in [9.17, 15) is 4.79 Å². The fraction of sp³-hybridized carbons (Fsp3) is 0.875. The third-order valence-electron chi connectivity index (χ3n) is 2.28. The van der Waals surface area contributed by atoms with Crippen LogP contribution in [0.2, 0.25) is 0 Å². The molecule has 0 saturated carbocycles. The van der Waals surface area contributed by atoms with Crippen LogP contribution >= 0.6 is 0 Å². The number of hydrogen-bond acceptors (Lipinski definition) is 2. The zero-order valence-corrected chi connectivity index (χ0v) is 7.42. The molecule has 0 aromatic rings. The SMILES string of the molecule is CN1CC(C)(C)C[C@H]1C(N)=O. The molecule has 1 atom stereocenters. The van der Waals surface area contributed by atoms with Crippen molar-refractivity contribution in [3.63, 3.8) is 0 Å². The van der Waals surface area contributed by atoms with Crippen molar-refractivity contribution in [2.24, 2.45) is 11.1 Å². The van der Waals surface area contributed by atoms with Gasteiger partial charge < -0.3 is 5.73 Å². The van der Waals surface area contributed by atoms with E-state index in [0.29, 0.717) is 0 Å². The van der Waals surface area contributed by atoms with E-state index in [4.69, 9.17) is 5.73 Å². The molecule has 1 heterocycles. The Morgan fingerprint density at radius 2 is 2.18 bits per heavy atom. The summed E-state index contributed by atoms with van der Waals surface area (Å²) in [4.78, 5) is 12.9. The summed E-state index contributed by atoms with van der Waals surface area (Å²) in [5.41, 5.74) is 5.47. The fourth-order valence-electron chi connectivity index (χ4n) is 1.85. The molecule has 1 aliphatic rings. The third-order valence-corrected chi connectivity index (χ3v) is 2.28. The predicted molar refractivity (Wildman–Crippen MR) is 44.0 cm³/mol. The van der Waals surface area contributed by atoms with Crippen LogP contribution in [0.4, 0.5) is 0 Å². The molecule has 11 heavy (non-hydrogen) atoms. The van der Waals surface area contributed by atoms with Gasteiger partial charge in [-0.1, -0.05) is 13.8 Å². The van der Waals surface area contributed by atoms with E-state index in [1.807, 2.05) is 11.9 Å². The van der Waals surface area contributed by atoms with Gasteiger partial charge in [-0.15, -0.1) is 0 Å². The van der Waals surface area contributed by atoms with Gasteiger partial charge in [0.05, 0.1) is 6.04 Å². The van der Waals surface area contributed by atoms with Gasteiger partial charge >= 0.3 is 0 Å². The summed E-state index contributed by atoms with van der Waals surface area (Å²) in [6, 6.07) is -0.0509. The van der Waals surface area contributed by atoms with E-state index in [1.54, 1.807) is 0 Å². The molecule has 0 spiro atoms. The van der Waals surface area contributed by atoms with E-state index in [2.05, 4.69) is 13.8 Å². The molecular weight excluding hydrogens is 140 g/mol. The second-order valence-electron chi connectivity index (χ2n) is 4.20. The second-order valence-corrected chi connectivity index (χ2v) is 4.20. The first kappa shape index (κ1) is 8.53. The maximum absolute atomic E-state index is 10.9. The van der Waals surface area contributed by atoms with Crippen LogP contribution in [0.3, 0.4) is 0 Å². The highest BCUT2D eigenvalue weighted by Gasteiger charge is 2.37. The summed E-state index contributed by atoms with van der Waals surface area (Å²) in [7, 11) is 1.95. The van der Waals surface area contributed by atoms with Gasteiger partial charge in [-0.05, 0) is 18.9 Å². The largest absolute Gasteiger partial charge is 0.368 e. The van der Waals surface area contributed by atoms with E-state index >= 15 is 0 Å². The summed E-state index contributed by atoms with van der Waals surface area (Å²) >= 11 is 0. The summed E-state index contributed by atoms with van der Waals surface area (Å²) in [5.74, 6) is -0.196. The van der Waals surface area contributed by atoms with Gasteiger partial charge in [-0.2, -0.15) is 0 Å². The number of primary amides is 1. The number of carbonyl (C=O) groups is 1. The van der Waals surface area contributed by atoms with Crippen LogP contribution in [0.15, 0.2) is 0 Å². The molecule has 0 aliphatic carbocycles. The molecule has 0 aromatic carbocycles. The minimum atomic E-state index is -0.196. The third kappa shape index (κ3) is 1.71. The standard InChI is InChI=1S/C8H16N2O/c1-8(2)4-6(7(9)11)10(3)5-8/h6H,4-5H2,1-3H3,(H2,9,11)/t6-/m0/s1. The number of likely N-dealkylation sites (tertiary alicyclic amines) is 1. The van der Waals surface area contributed by atoms with Gasteiger partial charge in [-0.3, -0.25) is 9.69 Å². The average molecular weight is 156 g/mol. The highest BCUT2D eigenvalue weighted by atomic mass is 16.1. The summed E-state index contributed by atoms with van der Waals surface area (Å²) in [5, 5.41) is 0. The molecule has 1 rings (SSSR count). The summed E-state index contributed by atoms with van der Waals surface area (Å²) in [6.45, 7) is 5.28. The Morgan fingerprint density at radius 1 is 1.64 bits per heavy atom. The van der Waals surface area contributed by atoms with Gasteiger partial charge in [0.2, 0.25) is 5.91 Å². The molecule has 2 N–H and O–H groups in total. The van der Waals surface area contributed by atoms with Crippen molar-refractivity contribution in [1.29, 1.82) is 0 Å². The van der Waals surface area contributed by atoms with Crippen LogP contribution in [0, 0.1) is 5.41 Å². The van der Waals surface area contributed by atoms with Crippen LogP contribution in [0.5, 0.6) is 0 Å². The lowest BCUT2D eigenvalue weighted by Crippen LogP contribution is -2.37. The van der Waals surface area contributed by atoms with Gasteiger partial charge in [0.1, 0.15) is 0 Å². The molecular formula is C8H16N2O. The normalized spacial score (nSPS) is 30.6. The minimum Gasteiger partial charge on any atom is -0.368 e. The predicted octanol–water partition coefficient (Wildman–Crippen LogP) is 0.202. The van der Waals surface area contributed by atoms with E-state index < -0.39 is 0 Å². The van der Waals surface area contributed by atoms with Crippen LogP contribution in [-0.2, 0) is 4.79 Å². The monoisotopic (exact) mass is 156 g/mol. The Morgan fingerprint density at radius 3 is 2.36 bits per heavy atom. The first-order chi connectivity index (χ1) is 4.92. The van der Waals surface area contributed by atoms with Crippen molar-refractivity contribution in [2.75, 3.05) is 13.6 Å². The molecule has 1 amide bonds. The lowest BCUT2D eigenvalue weighted by atomic mass is 9.90. The van der Waals surface area contributed by atoms with Crippen LogP contribution in [0.25, 0.3) is 0 Å². The Bertz CT molecular complexity index is 177. The smallest absolute Gasteiger partial charge is 0.234 e. The molecule has 0 radical (unpaired) electrons. The molecule has 3 nitrogen and oxygen atoms in total. The Kier molecular flexibility index (Phi) is 1.92. The lowest BCUT2D eigenvalue weighted by molar-refractivity contribution is -0.121. The number of nitrogens with zero attached hydrogens (tertiary/aromatic N) is 1. The maximum atomic E-state index is 10.9. The molecule has 3 heteroatoms. The van der Waals surface area contributed by atoms with Crippen LogP contribution in [0.1, 0.15) is 20.3 Å². The van der Waals surface area contributed by atoms with Crippen molar-refractivity contribution >= 4 is 5.91 Å². The molecule has 0 bridgehead atoms. The van der Waals surface area contributed by atoms with Gasteiger partial charge in [0.15, 0.2) is 0 Å². The molecule has 0 aromatic heterocycles. The number of amides is 1. The van der Waals surface area contributed by atoms with Crippen LogP contribution in [-0.4, -0.2) is 30.4 Å². The van der Waals surface area contributed by atoms with Crippen molar-refractivity contribution < 1.29 is 4.79 Å². The van der Waals surface area contributed by atoms with Gasteiger partial charge in [-0.25, -0.2) is 0 Å². The highest BCUT2D eigenvalue weighted by molar-refractivity contribution is 5.80. The van der Waals surface area contributed by atoms with E-state index in [0.717, 1.165) is 13.0 Å². The first-order valence-electron chi connectivity index (χ1n) is 3.92. The zero-order chi connectivity index (χ0) is 8.65. The van der Waals surface area contributed by atoms with E-state index in [-0.39, 0.29) is 17.4 Å². The molecule has 1 aliphatic heterocycles. The number of likely N-dealkylation sites (N-methyl/N-ethyl adjacent to an activating group) is 1. The Hall–Kier alpha value is -0.570. The van der Waals surface area contributed by atoms with Gasteiger partial charge in [0.25, 0.3) is 0 Å². The molecule has 1 fully saturated rings. The van der Waals surface area contributed by atoms with Crippen molar-refractivity contribution in [3.8, 4) is 0 Å². The average Bonchev–Trinajstić information content (AvgIpc) is 2.05. The topological polar surface area (TPSA) is 46.3 Å². The quantitative estimate of drug-likeness (QED) is 0.589. The fourth-order valence-corrected chi connectivity index (χ4v) is 1.85. The first-order valence-corrected chi connectivity index (χ1v) is 3.92. The number of rotatable bonds is 1. The Labute approximate surface area is 67.5 Å². The second kappa shape index (κ2) is 2.48. The van der Waals surface area contributed by atoms with Crippen molar-refractivity contribution in [1.82, 2.24) is 4.90 Å². The maximum Gasteiger partial charge on any atom is 0.234 e. The number of carbonyl (C=O) groups excluding carboxylic acids is 1. The number of hydrogen-bond donors (Lipinski definition) is 1. The van der Waals surface area contributed by atoms with Gasteiger partial charge in [0, 0.05) is 6.54 Å². The summed E-state index contributed by atoms with van der Waals surface area (Å²) in [6.07, 6.45) is 0.888. The Balaban J connectivity index is 2.66. The number of nitrogens with two attached hydrogens (primary N) is 1. The highest BCUT2D eigenvalue weighted by Crippen LogP contribution is 2.32. The van der Waals surface area contributed by atoms with E-state index in [1.165, 1.54) is 0 Å². The van der Waals surface area contributed by atoms with Crippen molar-refractivity contribution in [2.45, 2.75) is 26.3 Å². The summed E-state index contributed by atoms with van der Waals surface area (Å²) < 4.78 is 0. The molecule has 0 unspecified atom stereocenters.